The van der Waals surface area contributed by atoms with Crippen LogP contribution in [0.3, 0.4) is 0 Å². The molecule has 2 nitrogen and oxygen atoms in total. The molecule has 0 bridgehead atoms. The van der Waals surface area contributed by atoms with Gasteiger partial charge < -0.3 is 9.90 Å². The fraction of sp³-hybridized carbons (Fsp3) is 0.800. The van der Waals surface area contributed by atoms with Crippen molar-refractivity contribution in [1.29, 1.82) is 0 Å². The lowest BCUT2D eigenvalue weighted by atomic mass is 9.89. The van der Waals surface area contributed by atoms with Gasteiger partial charge in [-0.05, 0) is 12.5 Å². The number of unbranched alkanes of at least 4 members (excludes halogenated alkanes) is 5. The van der Waals surface area contributed by atoms with Crippen molar-refractivity contribution in [3.05, 3.63) is 12.2 Å². The van der Waals surface area contributed by atoms with E-state index in [1.807, 2.05) is 6.79 Å². The number of hydrogen-bond acceptors (Lipinski definition) is 4. The molecule has 0 spiro atoms. The summed E-state index contributed by atoms with van der Waals surface area (Å²) >= 11 is 3.84. The first-order chi connectivity index (χ1) is 9.20. The van der Waals surface area contributed by atoms with Crippen LogP contribution in [0.15, 0.2) is 12.2 Å². The Labute approximate surface area is 124 Å². The maximum atomic E-state index is 9.99. The number of hydrogen-bond donors (Lipinski definition) is 1. The van der Waals surface area contributed by atoms with Gasteiger partial charge in [-0.1, -0.05) is 51.5 Å². The molecule has 2 fully saturated rings. The third kappa shape index (κ3) is 3.22. The molecule has 0 aromatic rings. The summed E-state index contributed by atoms with van der Waals surface area (Å²) in [6.45, 7) is 4.27. The zero-order valence-electron chi connectivity index (χ0n) is 11.6. The molecular formula is C15H24O2S2. The van der Waals surface area contributed by atoms with Crippen LogP contribution in [0.5, 0.6) is 0 Å². The van der Waals surface area contributed by atoms with Crippen LogP contribution in [0.4, 0.5) is 0 Å². The van der Waals surface area contributed by atoms with Crippen molar-refractivity contribution in [1.82, 2.24) is 0 Å². The van der Waals surface area contributed by atoms with E-state index >= 15 is 0 Å². The van der Waals surface area contributed by atoms with Gasteiger partial charge in [0, 0.05) is 10.00 Å². The monoisotopic (exact) mass is 300 g/mol. The Balaban J connectivity index is 0.000000637. The van der Waals surface area contributed by atoms with Crippen LogP contribution in [0.2, 0.25) is 0 Å². The Hall–Kier alpha value is 0.0700. The summed E-state index contributed by atoms with van der Waals surface area (Å²) in [7, 11) is 0. The normalized spacial score (nSPS) is 40.7. The molecule has 2 saturated heterocycles. The Morgan fingerprint density at radius 2 is 1.74 bits per heavy atom. The predicted octanol–water partition coefficient (Wildman–Crippen LogP) is 3.78. The van der Waals surface area contributed by atoms with E-state index in [-0.39, 0.29) is 0 Å². The molecule has 2 heterocycles. The summed E-state index contributed by atoms with van der Waals surface area (Å²) < 4.78 is 0.436. The highest BCUT2D eigenvalue weighted by molar-refractivity contribution is 8.14. The third-order valence-corrected chi connectivity index (χ3v) is 7.53. The van der Waals surface area contributed by atoms with Crippen molar-refractivity contribution < 1.29 is 9.90 Å². The first kappa shape index (κ1) is 15.5. The molecule has 4 heteroatoms. The van der Waals surface area contributed by atoms with Crippen LogP contribution in [0, 0.1) is 0 Å². The van der Waals surface area contributed by atoms with Crippen molar-refractivity contribution in [2.24, 2.45) is 0 Å². The van der Waals surface area contributed by atoms with Crippen molar-refractivity contribution in [3.8, 4) is 0 Å². The van der Waals surface area contributed by atoms with E-state index in [1.165, 1.54) is 44.9 Å². The van der Waals surface area contributed by atoms with Crippen LogP contribution in [-0.4, -0.2) is 32.1 Å². The maximum Gasteiger partial charge on any atom is 0.142 e. The highest BCUT2D eigenvalue weighted by Gasteiger charge is 2.72. The number of thioether (sulfide) groups is 2. The van der Waals surface area contributed by atoms with Gasteiger partial charge in [-0.15, -0.1) is 23.5 Å². The summed E-state index contributed by atoms with van der Waals surface area (Å²) in [6, 6.07) is 0. The third-order valence-electron chi connectivity index (χ3n) is 4.24. The minimum atomic E-state index is -0.460. The zero-order chi connectivity index (χ0) is 13.9. The van der Waals surface area contributed by atoms with Crippen molar-refractivity contribution in [2.45, 2.75) is 72.0 Å². The minimum absolute atomic E-state index is 0.436. The van der Waals surface area contributed by atoms with E-state index < -0.39 is 4.93 Å². The molecule has 0 saturated carbocycles. The van der Waals surface area contributed by atoms with E-state index in [2.05, 4.69) is 30.8 Å². The standard InChI is InChI=1S/C14H22OS2.CH2O/c1-2-3-4-5-6-7-8-13-9-10-14(15)12(17-14)11(13)16-13;1-2/h9-12,15H,2-8H2,1H3;1H2. The van der Waals surface area contributed by atoms with Crippen LogP contribution in [0.1, 0.15) is 51.9 Å². The smallest absolute Gasteiger partial charge is 0.142 e. The summed E-state index contributed by atoms with van der Waals surface area (Å²) in [5.41, 5.74) is 0. The summed E-state index contributed by atoms with van der Waals surface area (Å²) in [5.74, 6) is 0. The summed E-state index contributed by atoms with van der Waals surface area (Å²) in [6.07, 6.45) is 14.0. The van der Waals surface area contributed by atoms with Crippen LogP contribution in [-0.2, 0) is 4.79 Å². The van der Waals surface area contributed by atoms with E-state index in [4.69, 9.17) is 4.79 Å². The number of carbonyl (C=O) groups excluding carboxylic acids is 1. The van der Waals surface area contributed by atoms with E-state index in [0.29, 0.717) is 10.00 Å². The molecule has 0 aromatic carbocycles. The lowest BCUT2D eigenvalue weighted by molar-refractivity contribution is -0.0979. The molecule has 3 rings (SSSR count). The fourth-order valence-electron chi connectivity index (χ4n) is 2.96. The van der Waals surface area contributed by atoms with Gasteiger partial charge in [0.05, 0.1) is 5.25 Å². The average Bonchev–Trinajstić information content (AvgIpc) is 3.29. The minimum Gasteiger partial charge on any atom is -0.375 e. The number of carbonyl (C=O) groups is 1. The van der Waals surface area contributed by atoms with E-state index in [9.17, 15) is 5.11 Å². The van der Waals surface area contributed by atoms with Crippen molar-refractivity contribution >= 4 is 30.3 Å². The Kier molecular flexibility index (Phi) is 5.07. The SMILES string of the molecule is C=O.CCCCCCCCC12C=CC3(O)SC3C1S2. The molecule has 0 radical (unpaired) electrons. The molecule has 108 valence electrons. The van der Waals surface area contributed by atoms with E-state index in [0.717, 1.165) is 5.25 Å². The lowest BCUT2D eigenvalue weighted by Gasteiger charge is -2.15. The molecule has 4 atom stereocenters. The topological polar surface area (TPSA) is 37.3 Å². The summed E-state index contributed by atoms with van der Waals surface area (Å²) in [5, 5.41) is 11.2. The second-order valence-corrected chi connectivity index (χ2v) is 8.54. The van der Waals surface area contributed by atoms with Gasteiger partial charge in [0.1, 0.15) is 11.7 Å². The van der Waals surface area contributed by atoms with Gasteiger partial charge in [0.15, 0.2) is 0 Å². The molecular weight excluding hydrogens is 276 g/mol. The highest BCUT2D eigenvalue weighted by Crippen LogP contribution is 2.73. The largest absolute Gasteiger partial charge is 0.375 e. The second kappa shape index (κ2) is 6.23. The van der Waals surface area contributed by atoms with E-state index in [1.54, 1.807) is 11.8 Å². The Bertz CT molecular complexity index is 347. The van der Waals surface area contributed by atoms with Gasteiger partial charge in [0.25, 0.3) is 0 Å². The zero-order valence-corrected chi connectivity index (χ0v) is 13.3. The highest BCUT2D eigenvalue weighted by atomic mass is 32.2. The first-order valence-electron chi connectivity index (χ1n) is 7.27. The second-order valence-electron chi connectivity index (χ2n) is 5.63. The molecule has 19 heavy (non-hydrogen) atoms. The van der Waals surface area contributed by atoms with Gasteiger partial charge >= 0.3 is 0 Å². The predicted molar refractivity (Wildman–Crippen MR) is 84.7 cm³/mol. The van der Waals surface area contributed by atoms with Crippen molar-refractivity contribution in [2.75, 3.05) is 0 Å². The van der Waals surface area contributed by atoms with Gasteiger partial charge in [-0.25, -0.2) is 0 Å². The lowest BCUT2D eigenvalue weighted by Crippen LogP contribution is -2.26. The molecule has 4 unspecified atom stereocenters. The Morgan fingerprint density at radius 3 is 2.47 bits per heavy atom. The molecule has 3 aliphatic rings. The first-order valence-corrected chi connectivity index (χ1v) is 9.03. The van der Waals surface area contributed by atoms with Crippen LogP contribution < -0.4 is 0 Å². The molecule has 2 aliphatic heterocycles. The number of fused-ring (bicyclic) bond motifs is 3. The quantitative estimate of drug-likeness (QED) is 0.441. The molecule has 1 N–H and O–H groups in total. The molecule has 1 aliphatic carbocycles. The van der Waals surface area contributed by atoms with Gasteiger partial charge in [-0.3, -0.25) is 0 Å². The molecule has 0 amide bonds. The summed E-state index contributed by atoms with van der Waals surface area (Å²) in [4.78, 5) is 7.54. The Morgan fingerprint density at radius 1 is 1.05 bits per heavy atom. The van der Waals surface area contributed by atoms with Crippen molar-refractivity contribution in [3.63, 3.8) is 0 Å². The van der Waals surface area contributed by atoms with Crippen LogP contribution in [0.25, 0.3) is 0 Å². The molecule has 0 aromatic heterocycles. The number of aliphatic hydroxyl groups is 1. The number of rotatable bonds is 7. The van der Waals surface area contributed by atoms with Gasteiger partial charge in [-0.2, -0.15) is 0 Å². The van der Waals surface area contributed by atoms with Gasteiger partial charge in [0.2, 0.25) is 0 Å². The fourth-order valence-corrected chi connectivity index (χ4v) is 6.01. The maximum absolute atomic E-state index is 9.99. The van der Waals surface area contributed by atoms with Crippen LogP contribution >= 0.6 is 23.5 Å². The average molecular weight is 300 g/mol.